The van der Waals surface area contributed by atoms with E-state index in [4.69, 9.17) is 0 Å². The summed E-state index contributed by atoms with van der Waals surface area (Å²) in [4.78, 5) is 16.5. The molecule has 0 aliphatic rings. The van der Waals surface area contributed by atoms with Crippen LogP contribution in [0.3, 0.4) is 0 Å². The van der Waals surface area contributed by atoms with Crippen LogP contribution in [0.15, 0.2) is 79.0 Å². The van der Waals surface area contributed by atoms with Gasteiger partial charge in [0.05, 0.1) is 0 Å². The minimum absolute atomic E-state index is 0.133. The Kier molecular flexibility index (Phi) is 4.96. The molecule has 0 aliphatic carbocycles. The van der Waals surface area contributed by atoms with Gasteiger partial charge in [0.1, 0.15) is 11.6 Å². The molecule has 1 N–H and O–H groups in total. The number of nitrogens with zero attached hydrogens (tertiary/aromatic N) is 1. The quantitative estimate of drug-likeness (QED) is 0.758. The fourth-order valence-corrected chi connectivity index (χ4v) is 2.62. The maximum atomic E-state index is 13.2. The number of anilines is 1. The minimum Gasteiger partial charge on any atom is -0.311 e. The van der Waals surface area contributed by atoms with E-state index in [-0.39, 0.29) is 24.1 Å². The van der Waals surface area contributed by atoms with E-state index in [1.54, 1.807) is 30.5 Å². The summed E-state index contributed by atoms with van der Waals surface area (Å²) in [5, 5.41) is 2.80. The maximum Gasteiger partial charge on any atom is 0.226 e. The molecule has 0 saturated heterocycles. The van der Waals surface area contributed by atoms with Gasteiger partial charge in [-0.05, 0) is 35.4 Å². The third kappa shape index (κ3) is 4.04. The Labute approximate surface area is 140 Å². The molecule has 0 spiro atoms. The van der Waals surface area contributed by atoms with Gasteiger partial charge in [0.2, 0.25) is 5.91 Å². The Bertz CT molecular complexity index is 789. The first-order valence-electron chi connectivity index (χ1n) is 7.73. The van der Waals surface area contributed by atoms with Crippen molar-refractivity contribution in [1.82, 2.24) is 4.98 Å². The summed E-state index contributed by atoms with van der Waals surface area (Å²) in [5.41, 5.74) is 1.92. The third-order valence-electron chi connectivity index (χ3n) is 3.80. The Morgan fingerprint density at radius 3 is 2.25 bits per heavy atom. The van der Waals surface area contributed by atoms with Crippen LogP contribution in [-0.4, -0.2) is 10.9 Å². The molecule has 1 unspecified atom stereocenters. The zero-order valence-corrected chi connectivity index (χ0v) is 13.0. The second-order valence-electron chi connectivity index (χ2n) is 5.48. The molecule has 1 aromatic heterocycles. The molecule has 0 aliphatic heterocycles. The van der Waals surface area contributed by atoms with Crippen molar-refractivity contribution in [2.45, 2.75) is 12.3 Å². The molecular formula is C20H17FN2O. The van der Waals surface area contributed by atoms with Gasteiger partial charge < -0.3 is 5.32 Å². The molecule has 120 valence electrons. The summed E-state index contributed by atoms with van der Waals surface area (Å²) >= 11 is 0. The molecule has 24 heavy (non-hydrogen) atoms. The van der Waals surface area contributed by atoms with E-state index >= 15 is 0 Å². The van der Waals surface area contributed by atoms with Gasteiger partial charge >= 0.3 is 0 Å². The van der Waals surface area contributed by atoms with Gasteiger partial charge in [0.15, 0.2) is 0 Å². The van der Waals surface area contributed by atoms with Crippen LogP contribution in [0.2, 0.25) is 0 Å². The van der Waals surface area contributed by atoms with Crippen molar-refractivity contribution in [2.24, 2.45) is 0 Å². The molecule has 0 saturated carbocycles. The molecular weight excluding hydrogens is 303 g/mol. The molecule has 1 heterocycles. The average molecular weight is 320 g/mol. The molecule has 4 heteroatoms. The van der Waals surface area contributed by atoms with Crippen LogP contribution in [0.1, 0.15) is 23.5 Å². The number of amides is 1. The van der Waals surface area contributed by atoms with Gasteiger partial charge in [-0.2, -0.15) is 0 Å². The predicted octanol–water partition coefficient (Wildman–Crippen LogP) is 4.38. The number of carbonyl (C=O) groups excluding carboxylic acids is 1. The number of hydrogen-bond donors (Lipinski definition) is 1. The number of carbonyl (C=O) groups is 1. The summed E-state index contributed by atoms with van der Waals surface area (Å²) in [6.07, 6.45) is 1.89. The van der Waals surface area contributed by atoms with Crippen molar-refractivity contribution in [3.8, 4) is 0 Å². The van der Waals surface area contributed by atoms with Crippen LogP contribution < -0.4 is 5.32 Å². The van der Waals surface area contributed by atoms with Gasteiger partial charge in [-0.15, -0.1) is 0 Å². The van der Waals surface area contributed by atoms with Gasteiger partial charge in [-0.1, -0.05) is 48.5 Å². The van der Waals surface area contributed by atoms with Crippen molar-refractivity contribution in [3.63, 3.8) is 0 Å². The van der Waals surface area contributed by atoms with E-state index < -0.39 is 0 Å². The zero-order valence-electron chi connectivity index (χ0n) is 13.0. The fraction of sp³-hybridized carbons (Fsp3) is 0.100. The molecule has 0 fully saturated rings. The summed E-state index contributed by atoms with van der Waals surface area (Å²) in [7, 11) is 0. The Balaban J connectivity index is 1.82. The first-order valence-corrected chi connectivity index (χ1v) is 7.73. The molecule has 0 radical (unpaired) electrons. The van der Waals surface area contributed by atoms with Crippen LogP contribution in [0.25, 0.3) is 0 Å². The van der Waals surface area contributed by atoms with Crippen LogP contribution in [0.4, 0.5) is 10.2 Å². The van der Waals surface area contributed by atoms with E-state index in [2.05, 4.69) is 10.3 Å². The van der Waals surface area contributed by atoms with E-state index in [0.717, 1.165) is 11.1 Å². The summed E-state index contributed by atoms with van der Waals surface area (Å²) in [6, 6.07) is 21.4. The molecule has 1 atom stereocenters. The molecule has 2 aromatic carbocycles. The van der Waals surface area contributed by atoms with Gasteiger partial charge in [0.25, 0.3) is 0 Å². The second-order valence-corrected chi connectivity index (χ2v) is 5.48. The zero-order chi connectivity index (χ0) is 16.8. The number of hydrogen-bond acceptors (Lipinski definition) is 2. The first kappa shape index (κ1) is 15.9. The lowest BCUT2D eigenvalue weighted by molar-refractivity contribution is -0.116. The lowest BCUT2D eigenvalue weighted by atomic mass is 9.88. The first-order chi connectivity index (χ1) is 11.7. The topological polar surface area (TPSA) is 42.0 Å². The predicted molar refractivity (Wildman–Crippen MR) is 92.2 cm³/mol. The number of rotatable bonds is 5. The van der Waals surface area contributed by atoms with Crippen molar-refractivity contribution in [1.29, 1.82) is 0 Å². The highest BCUT2D eigenvalue weighted by Gasteiger charge is 2.18. The Morgan fingerprint density at radius 2 is 1.58 bits per heavy atom. The number of nitrogens with one attached hydrogen (secondary N) is 1. The highest BCUT2D eigenvalue weighted by Crippen LogP contribution is 2.28. The normalized spacial score (nSPS) is 11.7. The smallest absolute Gasteiger partial charge is 0.226 e. The number of pyridine rings is 1. The number of aromatic nitrogens is 1. The SMILES string of the molecule is O=C(CC(c1ccccc1)c1ccc(F)cc1)Nc1ccccn1. The second kappa shape index (κ2) is 7.51. The van der Waals surface area contributed by atoms with Crippen molar-refractivity contribution < 1.29 is 9.18 Å². The fourth-order valence-electron chi connectivity index (χ4n) is 2.62. The largest absolute Gasteiger partial charge is 0.311 e. The highest BCUT2D eigenvalue weighted by molar-refractivity contribution is 5.90. The van der Waals surface area contributed by atoms with Gasteiger partial charge in [-0.3, -0.25) is 4.79 Å². The Hall–Kier alpha value is -3.01. The van der Waals surface area contributed by atoms with Crippen LogP contribution in [0, 0.1) is 5.82 Å². The summed E-state index contributed by atoms with van der Waals surface area (Å²) in [6.45, 7) is 0. The maximum absolute atomic E-state index is 13.2. The lowest BCUT2D eigenvalue weighted by Gasteiger charge is -2.17. The number of benzene rings is 2. The van der Waals surface area contributed by atoms with Crippen molar-refractivity contribution in [2.75, 3.05) is 5.32 Å². The molecule has 3 rings (SSSR count). The molecule has 3 nitrogen and oxygen atoms in total. The summed E-state index contributed by atoms with van der Waals surface area (Å²) in [5.74, 6) is -0.0423. The molecule has 0 bridgehead atoms. The van der Waals surface area contributed by atoms with Gasteiger partial charge in [-0.25, -0.2) is 9.37 Å². The van der Waals surface area contributed by atoms with E-state index in [0.29, 0.717) is 5.82 Å². The lowest BCUT2D eigenvalue weighted by Crippen LogP contribution is -2.17. The minimum atomic E-state index is -0.288. The molecule has 1 amide bonds. The van der Waals surface area contributed by atoms with E-state index in [1.807, 2.05) is 36.4 Å². The van der Waals surface area contributed by atoms with Gasteiger partial charge in [0, 0.05) is 18.5 Å². The van der Waals surface area contributed by atoms with Crippen LogP contribution in [-0.2, 0) is 4.79 Å². The highest BCUT2D eigenvalue weighted by atomic mass is 19.1. The van der Waals surface area contributed by atoms with Crippen LogP contribution >= 0.6 is 0 Å². The standard InChI is InChI=1S/C20H17FN2O/c21-17-11-9-16(10-12-17)18(15-6-2-1-3-7-15)14-20(24)23-19-8-4-5-13-22-19/h1-13,18H,14H2,(H,22,23,24). The third-order valence-corrected chi connectivity index (χ3v) is 3.80. The van der Waals surface area contributed by atoms with Crippen LogP contribution in [0.5, 0.6) is 0 Å². The Morgan fingerprint density at radius 1 is 0.917 bits per heavy atom. The van der Waals surface area contributed by atoms with Crippen molar-refractivity contribution in [3.05, 3.63) is 95.9 Å². The number of halogens is 1. The monoisotopic (exact) mass is 320 g/mol. The average Bonchev–Trinajstić information content (AvgIpc) is 2.62. The summed E-state index contributed by atoms with van der Waals surface area (Å²) < 4.78 is 13.2. The van der Waals surface area contributed by atoms with E-state index in [1.165, 1.54) is 12.1 Å². The van der Waals surface area contributed by atoms with Crippen molar-refractivity contribution >= 4 is 11.7 Å². The van der Waals surface area contributed by atoms with E-state index in [9.17, 15) is 9.18 Å². The molecule has 3 aromatic rings.